The van der Waals surface area contributed by atoms with Gasteiger partial charge in [-0.15, -0.1) is 10.2 Å². The first-order valence-electron chi connectivity index (χ1n) is 9.20. The van der Waals surface area contributed by atoms with Gasteiger partial charge in [-0.25, -0.2) is 0 Å². The molecule has 0 aliphatic carbocycles. The van der Waals surface area contributed by atoms with E-state index in [1.54, 1.807) is 0 Å². The van der Waals surface area contributed by atoms with Crippen LogP contribution in [0.25, 0.3) is 22.0 Å². The summed E-state index contributed by atoms with van der Waals surface area (Å²) in [5.41, 5.74) is 7.97. The zero-order valence-corrected chi connectivity index (χ0v) is 16.2. The second-order valence-electron chi connectivity index (χ2n) is 7.19. The molecule has 4 rings (SSSR count). The van der Waals surface area contributed by atoms with Gasteiger partial charge in [-0.2, -0.15) is 0 Å². The van der Waals surface area contributed by atoms with Crippen LogP contribution in [0.3, 0.4) is 0 Å². The van der Waals surface area contributed by atoms with E-state index in [9.17, 15) is 0 Å². The van der Waals surface area contributed by atoms with Gasteiger partial charge in [0.15, 0.2) is 5.82 Å². The molecule has 0 bridgehead atoms. The van der Waals surface area contributed by atoms with Crippen LogP contribution in [0.1, 0.15) is 22.3 Å². The minimum absolute atomic E-state index is 0.793. The third-order valence-electron chi connectivity index (χ3n) is 5.09. The summed E-state index contributed by atoms with van der Waals surface area (Å²) in [6.07, 6.45) is 0. The summed E-state index contributed by atoms with van der Waals surface area (Å²) in [6, 6.07) is 21.1. The summed E-state index contributed by atoms with van der Waals surface area (Å²) in [5, 5.41) is 14.9. The lowest BCUT2D eigenvalue weighted by molar-refractivity contribution is 1.06. The standard InChI is InChI=1S/C24H23N3/c1-15-10-11-16(2)22(12-15)25-24-21-14-18(4)17(3)13-20(21)23(26-27-24)19-8-6-5-7-9-19/h5-14H,1-4H3,(H,25,27). The van der Waals surface area contributed by atoms with Crippen molar-refractivity contribution in [2.45, 2.75) is 27.7 Å². The molecular formula is C24H23N3. The number of hydrogen-bond donors (Lipinski definition) is 1. The molecule has 4 aromatic rings. The van der Waals surface area contributed by atoms with Crippen LogP contribution in [0.2, 0.25) is 0 Å². The van der Waals surface area contributed by atoms with Gasteiger partial charge in [0.2, 0.25) is 0 Å². The molecular weight excluding hydrogens is 330 g/mol. The Morgan fingerprint density at radius 3 is 2.11 bits per heavy atom. The summed E-state index contributed by atoms with van der Waals surface area (Å²) in [4.78, 5) is 0. The maximum absolute atomic E-state index is 4.58. The molecule has 1 aromatic heterocycles. The van der Waals surface area contributed by atoms with Gasteiger partial charge >= 0.3 is 0 Å². The molecule has 3 heteroatoms. The zero-order chi connectivity index (χ0) is 19.0. The second-order valence-corrected chi connectivity index (χ2v) is 7.19. The van der Waals surface area contributed by atoms with Crippen LogP contribution in [-0.2, 0) is 0 Å². The van der Waals surface area contributed by atoms with E-state index in [2.05, 4.69) is 85.7 Å². The highest BCUT2D eigenvalue weighted by molar-refractivity contribution is 6.01. The Hall–Kier alpha value is -3.20. The molecule has 0 fully saturated rings. The lowest BCUT2D eigenvalue weighted by Gasteiger charge is -2.15. The average molecular weight is 353 g/mol. The fourth-order valence-electron chi connectivity index (χ4n) is 3.32. The monoisotopic (exact) mass is 353 g/mol. The molecule has 0 saturated carbocycles. The minimum atomic E-state index is 0.793. The second kappa shape index (κ2) is 6.84. The number of aryl methyl sites for hydroxylation is 4. The zero-order valence-electron chi connectivity index (χ0n) is 16.2. The molecule has 0 radical (unpaired) electrons. The number of anilines is 2. The highest BCUT2D eigenvalue weighted by Crippen LogP contribution is 2.33. The Kier molecular flexibility index (Phi) is 4.36. The van der Waals surface area contributed by atoms with E-state index >= 15 is 0 Å². The van der Waals surface area contributed by atoms with Crippen molar-refractivity contribution < 1.29 is 0 Å². The fourth-order valence-corrected chi connectivity index (χ4v) is 3.32. The highest BCUT2D eigenvalue weighted by atomic mass is 15.2. The molecule has 0 spiro atoms. The Balaban J connectivity index is 1.92. The lowest BCUT2D eigenvalue weighted by atomic mass is 9.99. The number of fused-ring (bicyclic) bond motifs is 1. The van der Waals surface area contributed by atoms with E-state index in [1.807, 2.05) is 18.2 Å². The predicted octanol–water partition coefficient (Wildman–Crippen LogP) is 6.27. The maximum atomic E-state index is 4.58. The molecule has 0 amide bonds. The Morgan fingerprint density at radius 1 is 0.667 bits per heavy atom. The van der Waals surface area contributed by atoms with Crippen LogP contribution in [0.4, 0.5) is 11.5 Å². The normalized spacial score (nSPS) is 11.0. The van der Waals surface area contributed by atoms with Gasteiger partial charge in [-0.1, -0.05) is 42.5 Å². The van der Waals surface area contributed by atoms with E-state index in [0.29, 0.717) is 0 Å². The van der Waals surface area contributed by atoms with E-state index < -0.39 is 0 Å². The van der Waals surface area contributed by atoms with Crippen molar-refractivity contribution >= 4 is 22.3 Å². The number of rotatable bonds is 3. The van der Waals surface area contributed by atoms with Crippen molar-refractivity contribution in [3.05, 3.63) is 82.9 Å². The van der Waals surface area contributed by atoms with E-state index in [-0.39, 0.29) is 0 Å². The first kappa shape index (κ1) is 17.2. The van der Waals surface area contributed by atoms with Gasteiger partial charge in [0.1, 0.15) is 5.69 Å². The summed E-state index contributed by atoms with van der Waals surface area (Å²) < 4.78 is 0. The largest absolute Gasteiger partial charge is 0.338 e. The van der Waals surface area contributed by atoms with Crippen LogP contribution in [0.15, 0.2) is 60.7 Å². The summed E-state index contributed by atoms with van der Waals surface area (Å²) in [6.45, 7) is 8.48. The fraction of sp³-hybridized carbons (Fsp3) is 0.167. The molecule has 0 aliphatic heterocycles. The van der Waals surface area contributed by atoms with E-state index in [1.165, 1.54) is 22.3 Å². The van der Waals surface area contributed by atoms with Gasteiger partial charge in [0.25, 0.3) is 0 Å². The minimum Gasteiger partial charge on any atom is -0.338 e. The van der Waals surface area contributed by atoms with Gasteiger partial charge in [0, 0.05) is 22.0 Å². The summed E-state index contributed by atoms with van der Waals surface area (Å²) in [7, 11) is 0. The van der Waals surface area contributed by atoms with Crippen molar-refractivity contribution in [2.75, 3.05) is 5.32 Å². The molecule has 3 aromatic carbocycles. The van der Waals surface area contributed by atoms with Crippen LogP contribution < -0.4 is 5.32 Å². The lowest BCUT2D eigenvalue weighted by Crippen LogP contribution is -2.01. The van der Waals surface area contributed by atoms with Crippen LogP contribution >= 0.6 is 0 Å². The van der Waals surface area contributed by atoms with Crippen molar-refractivity contribution in [3.63, 3.8) is 0 Å². The van der Waals surface area contributed by atoms with E-state index in [4.69, 9.17) is 0 Å². The molecule has 0 aliphatic rings. The molecule has 134 valence electrons. The highest BCUT2D eigenvalue weighted by Gasteiger charge is 2.13. The Morgan fingerprint density at radius 2 is 1.37 bits per heavy atom. The Bertz CT molecular complexity index is 1130. The quantitative estimate of drug-likeness (QED) is 0.471. The number of benzene rings is 3. The first-order valence-corrected chi connectivity index (χ1v) is 9.20. The molecule has 0 saturated heterocycles. The van der Waals surface area contributed by atoms with Gasteiger partial charge < -0.3 is 5.32 Å². The van der Waals surface area contributed by atoms with Crippen LogP contribution in [0.5, 0.6) is 0 Å². The van der Waals surface area contributed by atoms with Crippen LogP contribution in [-0.4, -0.2) is 10.2 Å². The van der Waals surface area contributed by atoms with Crippen LogP contribution in [0, 0.1) is 27.7 Å². The van der Waals surface area contributed by atoms with Crippen molar-refractivity contribution in [2.24, 2.45) is 0 Å². The maximum Gasteiger partial charge on any atom is 0.161 e. The molecule has 27 heavy (non-hydrogen) atoms. The molecule has 1 N–H and O–H groups in total. The van der Waals surface area contributed by atoms with Crippen molar-refractivity contribution in [1.82, 2.24) is 10.2 Å². The first-order chi connectivity index (χ1) is 13.0. The van der Waals surface area contributed by atoms with Gasteiger partial charge in [-0.3, -0.25) is 0 Å². The molecule has 3 nitrogen and oxygen atoms in total. The third kappa shape index (κ3) is 3.28. The van der Waals surface area contributed by atoms with Crippen molar-refractivity contribution in [1.29, 1.82) is 0 Å². The third-order valence-corrected chi connectivity index (χ3v) is 5.09. The van der Waals surface area contributed by atoms with E-state index in [0.717, 1.165) is 33.5 Å². The number of nitrogens with one attached hydrogen (secondary N) is 1. The van der Waals surface area contributed by atoms with Crippen molar-refractivity contribution in [3.8, 4) is 11.3 Å². The SMILES string of the molecule is Cc1ccc(C)c(Nc2nnc(-c3ccccc3)c3cc(C)c(C)cc23)c1. The number of hydrogen-bond acceptors (Lipinski definition) is 3. The molecule has 1 heterocycles. The smallest absolute Gasteiger partial charge is 0.161 e. The number of nitrogens with zero attached hydrogens (tertiary/aromatic N) is 2. The van der Waals surface area contributed by atoms with Gasteiger partial charge in [-0.05, 0) is 68.1 Å². The van der Waals surface area contributed by atoms with Gasteiger partial charge in [0.05, 0.1) is 0 Å². The molecule has 0 unspecified atom stereocenters. The number of aromatic nitrogens is 2. The molecule has 0 atom stereocenters. The summed E-state index contributed by atoms with van der Waals surface area (Å²) >= 11 is 0. The Labute approximate surface area is 160 Å². The predicted molar refractivity (Wildman–Crippen MR) is 114 cm³/mol. The summed E-state index contributed by atoms with van der Waals surface area (Å²) in [5.74, 6) is 0.793. The topological polar surface area (TPSA) is 37.8 Å². The average Bonchev–Trinajstić information content (AvgIpc) is 2.67.